The van der Waals surface area contributed by atoms with E-state index >= 15 is 0 Å². The van der Waals surface area contributed by atoms with Crippen molar-refractivity contribution in [1.29, 1.82) is 0 Å². The lowest BCUT2D eigenvalue weighted by atomic mass is 9.82. The van der Waals surface area contributed by atoms with Gasteiger partial charge in [0.05, 0.1) is 0 Å². The minimum atomic E-state index is -0.837. The number of rotatable bonds is 6. The maximum absolute atomic E-state index is 12.4. The van der Waals surface area contributed by atoms with E-state index in [1.807, 2.05) is 30.3 Å². The van der Waals surface area contributed by atoms with Crippen LogP contribution in [0.2, 0.25) is 0 Å². The summed E-state index contributed by atoms with van der Waals surface area (Å²) in [4.78, 5) is 24.7. The van der Waals surface area contributed by atoms with Crippen LogP contribution in [0.5, 0.6) is 0 Å². The molecule has 0 unspecified atom stereocenters. The third-order valence-electron chi connectivity index (χ3n) is 3.79. The highest BCUT2D eigenvalue weighted by atomic mass is 16.4. The van der Waals surface area contributed by atoms with Gasteiger partial charge in [-0.25, -0.2) is 4.79 Å². The summed E-state index contributed by atoms with van der Waals surface area (Å²) in [6.45, 7) is 2.58. The lowest BCUT2D eigenvalue weighted by Gasteiger charge is -2.35. The highest BCUT2D eigenvalue weighted by molar-refractivity contribution is 5.92. The monoisotopic (exact) mass is 290 g/mol. The van der Waals surface area contributed by atoms with Gasteiger partial charge in [0.2, 0.25) is 0 Å². The molecule has 5 heteroatoms. The second-order valence-corrected chi connectivity index (χ2v) is 5.71. The molecule has 1 saturated carbocycles. The Labute approximate surface area is 125 Å². The first kappa shape index (κ1) is 15.4. The molecule has 0 atom stereocenters. The molecule has 0 spiro atoms. The largest absolute Gasteiger partial charge is 0.481 e. The summed E-state index contributed by atoms with van der Waals surface area (Å²) >= 11 is 0. The summed E-state index contributed by atoms with van der Waals surface area (Å²) in [5, 5.41) is 11.8. The van der Waals surface area contributed by atoms with Crippen LogP contribution in [0.4, 0.5) is 10.5 Å². The number of carbonyl (C=O) groups is 2. The number of carbonyl (C=O) groups excluding carboxylic acids is 1. The number of carboxylic acids is 1. The number of urea groups is 1. The second kappa shape index (κ2) is 7.11. The molecule has 1 fully saturated rings. The lowest BCUT2D eigenvalue weighted by molar-refractivity contribution is -0.137. The molecule has 2 rings (SSSR count). The van der Waals surface area contributed by atoms with Crippen molar-refractivity contribution in [3.63, 3.8) is 0 Å². The van der Waals surface area contributed by atoms with Gasteiger partial charge < -0.3 is 10.4 Å². The molecule has 0 aromatic heterocycles. The zero-order valence-corrected chi connectivity index (χ0v) is 12.3. The molecule has 1 aromatic carbocycles. The van der Waals surface area contributed by atoms with Crippen LogP contribution in [-0.2, 0) is 4.79 Å². The molecule has 1 aliphatic carbocycles. The number of hydrogen-bond acceptors (Lipinski definition) is 2. The van der Waals surface area contributed by atoms with Crippen LogP contribution in [-0.4, -0.2) is 29.7 Å². The Morgan fingerprint density at radius 2 is 1.95 bits per heavy atom. The number of amides is 2. The summed E-state index contributed by atoms with van der Waals surface area (Å²) in [6, 6.07) is 9.48. The van der Waals surface area contributed by atoms with Crippen molar-refractivity contribution < 1.29 is 14.7 Å². The third-order valence-corrected chi connectivity index (χ3v) is 3.79. The summed E-state index contributed by atoms with van der Waals surface area (Å²) in [5.74, 6) is -0.163. The van der Waals surface area contributed by atoms with Gasteiger partial charge >= 0.3 is 12.0 Å². The zero-order valence-electron chi connectivity index (χ0n) is 12.3. The number of hydrogen-bond donors (Lipinski definition) is 2. The quantitative estimate of drug-likeness (QED) is 0.846. The SMILES string of the molecule is CC1CC(NC(=O)N(CCCC(=O)O)c2ccccc2)C1. The summed E-state index contributed by atoms with van der Waals surface area (Å²) in [7, 11) is 0. The molecule has 2 amide bonds. The number of nitrogens with one attached hydrogen (secondary N) is 1. The van der Waals surface area contributed by atoms with Gasteiger partial charge in [0, 0.05) is 24.7 Å². The van der Waals surface area contributed by atoms with Crippen molar-refractivity contribution in [2.75, 3.05) is 11.4 Å². The molecule has 0 aliphatic heterocycles. The van der Waals surface area contributed by atoms with E-state index in [4.69, 9.17) is 5.11 Å². The van der Waals surface area contributed by atoms with Gasteiger partial charge in [0.25, 0.3) is 0 Å². The van der Waals surface area contributed by atoms with Gasteiger partial charge in [-0.1, -0.05) is 25.1 Å². The molecule has 0 saturated heterocycles. The first-order chi connectivity index (χ1) is 10.1. The highest BCUT2D eigenvalue weighted by Gasteiger charge is 2.28. The molecule has 0 radical (unpaired) electrons. The molecule has 2 N–H and O–H groups in total. The standard InChI is InChI=1S/C16H22N2O3/c1-12-10-13(11-12)17-16(21)18(9-5-8-15(19)20)14-6-3-2-4-7-14/h2-4,6-7,12-13H,5,8-11H2,1H3,(H,17,21)(H,19,20). The Morgan fingerprint density at radius 1 is 1.29 bits per heavy atom. The van der Waals surface area contributed by atoms with E-state index in [9.17, 15) is 9.59 Å². The minimum absolute atomic E-state index is 0.0665. The predicted molar refractivity (Wildman–Crippen MR) is 81.4 cm³/mol. The fraction of sp³-hybridized carbons (Fsp3) is 0.500. The first-order valence-corrected chi connectivity index (χ1v) is 7.41. The molecule has 114 valence electrons. The molecule has 0 bridgehead atoms. The molecule has 0 heterocycles. The fourth-order valence-corrected chi connectivity index (χ4v) is 2.62. The normalized spacial score (nSPS) is 20.4. The van der Waals surface area contributed by atoms with Crippen molar-refractivity contribution in [1.82, 2.24) is 5.32 Å². The average molecular weight is 290 g/mol. The van der Waals surface area contributed by atoms with Crippen molar-refractivity contribution >= 4 is 17.7 Å². The number of para-hydroxylation sites is 1. The van der Waals surface area contributed by atoms with E-state index in [1.165, 1.54) is 0 Å². The predicted octanol–water partition coefficient (Wildman–Crippen LogP) is 2.87. The van der Waals surface area contributed by atoms with Crippen LogP contribution in [0.25, 0.3) is 0 Å². The van der Waals surface area contributed by atoms with E-state index in [2.05, 4.69) is 12.2 Å². The van der Waals surface area contributed by atoms with E-state index < -0.39 is 5.97 Å². The number of nitrogens with zero attached hydrogens (tertiary/aromatic N) is 1. The van der Waals surface area contributed by atoms with E-state index in [0.717, 1.165) is 18.5 Å². The van der Waals surface area contributed by atoms with Crippen LogP contribution in [0, 0.1) is 5.92 Å². The van der Waals surface area contributed by atoms with E-state index in [1.54, 1.807) is 4.90 Å². The second-order valence-electron chi connectivity index (χ2n) is 5.71. The number of benzene rings is 1. The third kappa shape index (κ3) is 4.48. The molecule has 5 nitrogen and oxygen atoms in total. The Hall–Kier alpha value is -2.04. The van der Waals surface area contributed by atoms with Crippen LogP contribution < -0.4 is 10.2 Å². The zero-order chi connectivity index (χ0) is 15.2. The van der Waals surface area contributed by atoms with Crippen LogP contribution in [0.1, 0.15) is 32.6 Å². The van der Waals surface area contributed by atoms with Gasteiger partial charge in [0.15, 0.2) is 0 Å². The summed E-state index contributed by atoms with van der Waals surface area (Å²) < 4.78 is 0. The van der Waals surface area contributed by atoms with Crippen molar-refractivity contribution in [3.8, 4) is 0 Å². The number of anilines is 1. The maximum Gasteiger partial charge on any atom is 0.322 e. The van der Waals surface area contributed by atoms with Crippen molar-refractivity contribution in [2.45, 2.75) is 38.6 Å². The van der Waals surface area contributed by atoms with Crippen LogP contribution in [0.3, 0.4) is 0 Å². The molecular weight excluding hydrogens is 268 g/mol. The van der Waals surface area contributed by atoms with E-state index in [-0.39, 0.29) is 18.5 Å². The van der Waals surface area contributed by atoms with Gasteiger partial charge in [-0.15, -0.1) is 0 Å². The van der Waals surface area contributed by atoms with Gasteiger partial charge in [-0.2, -0.15) is 0 Å². The number of carboxylic acid groups (broad SMARTS) is 1. The molecule has 1 aliphatic rings. The van der Waals surface area contributed by atoms with Gasteiger partial charge in [0.1, 0.15) is 0 Å². The Bertz CT molecular complexity index is 484. The first-order valence-electron chi connectivity index (χ1n) is 7.41. The summed E-state index contributed by atoms with van der Waals surface area (Å²) in [6.07, 6.45) is 2.54. The lowest BCUT2D eigenvalue weighted by Crippen LogP contribution is -2.49. The Kier molecular flexibility index (Phi) is 5.20. The Balaban J connectivity index is 1.97. The van der Waals surface area contributed by atoms with Crippen LogP contribution >= 0.6 is 0 Å². The van der Waals surface area contributed by atoms with Gasteiger partial charge in [-0.05, 0) is 37.3 Å². The van der Waals surface area contributed by atoms with Crippen molar-refractivity contribution in [3.05, 3.63) is 30.3 Å². The molecular formula is C16H22N2O3. The summed E-state index contributed by atoms with van der Waals surface area (Å²) in [5.41, 5.74) is 0.799. The molecule has 21 heavy (non-hydrogen) atoms. The fourth-order valence-electron chi connectivity index (χ4n) is 2.62. The Morgan fingerprint density at radius 3 is 2.52 bits per heavy atom. The minimum Gasteiger partial charge on any atom is -0.481 e. The van der Waals surface area contributed by atoms with Crippen LogP contribution in [0.15, 0.2) is 30.3 Å². The van der Waals surface area contributed by atoms with Gasteiger partial charge in [-0.3, -0.25) is 9.69 Å². The number of aliphatic carboxylic acids is 1. The highest BCUT2D eigenvalue weighted by Crippen LogP contribution is 2.26. The van der Waals surface area contributed by atoms with E-state index in [0.29, 0.717) is 18.9 Å². The maximum atomic E-state index is 12.4. The molecule has 1 aromatic rings. The topological polar surface area (TPSA) is 69.6 Å². The average Bonchev–Trinajstić information content (AvgIpc) is 2.42. The smallest absolute Gasteiger partial charge is 0.322 e. The van der Waals surface area contributed by atoms with Crippen molar-refractivity contribution in [2.24, 2.45) is 5.92 Å².